The highest BCUT2D eigenvalue weighted by Crippen LogP contribution is 2.39. The second kappa shape index (κ2) is 8.22. The van der Waals surface area contributed by atoms with Gasteiger partial charge in [0.2, 0.25) is 11.2 Å². The number of carbonyl (C=O) groups is 1. The average molecular weight is 434 g/mol. The van der Waals surface area contributed by atoms with E-state index in [9.17, 15) is 19.8 Å². The van der Waals surface area contributed by atoms with Gasteiger partial charge in [-0.05, 0) is 43.7 Å². The van der Waals surface area contributed by atoms with Gasteiger partial charge in [-0.1, -0.05) is 12.1 Å². The number of benzene rings is 3. The first kappa shape index (κ1) is 21.2. The van der Waals surface area contributed by atoms with E-state index in [1.54, 1.807) is 30.3 Å². The predicted molar refractivity (Wildman–Crippen MR) is 121 cm³/mol. The van der Waals surface area contributed by atoms with Crippen LogP contribution < -0.4 is 15.1 Å². The Kier molecular flexibility index (Phi) is 5.44. The third-order valence-electron chi connectivity index (χ3n) is 5.45. The van der Waals surface area contributed by atoms with Gasteiger partial charge >= 0.3 is 5.97 Å². The van der Waals surface area contributed by atoms with Crippen molar-refractivity contribution in [3.63, 3.8) is 0 Å². The van der Waals surface area contributed by atoms with E-state index in [1.807, 2.05) is 19.9 Å². The monoisotopic (exact) mass is 434 g/mol. The fraction of sp³-hybridized carbons (Fsp3) is 0.208. The van der Waals surface area contributed by atoms with Crippen LogP contribution in [-0.4, -0.2) is 41.4 Å². The van der Waals surface area contributed by atoms with E-state index in [-0.39, 0.29) is 22.6 Å². The molecule has 0 saturated heterocycles. The van der Waals surface area contributed by atoms with E-state index in [0.717, 1.165) is 18.8 Å². The minimum atomic E-state index is -1.35. The molecule has 2 aromatic carbocycles. The van der Waals surface area contributed by atoms with Gasteiger partial charge in [0, 0.05) is 24.8 Å². The van der Waals surface area contributed by atoms with Crippen molar-refractivity contribution >= 4 is 22.8 Å². The van der Waals surface area contributed by atoms with Gasteiger partial charge in [0.15, 0.2) is 11.3 Å². The van der Waals surface area contributed by atoms with Gasteiger partial charge in [0.05, 0.1) is 12.7 Å². The van der Waals surface area contributed by atoms with E-state index in [0.29, 0.717) is 22.4 Å². The quantitative estimate of drug-likeness (QED) is 0.434. The highest BCUT2D eigenvalue weighted by Gasteiger charge is 2.31. The molecule has 32 heavy (non-hydrogen) atoms. The van der Waals surface area contributed by atoms with Crippen LogP contribution in [0, 0.1) is 0 Å². The number of carboxylic acid groups (broad SMARTS) is 1. The molecule has 4 rings (SSSR count). The topological polar surface area (TPSA) is 113 Å². The number of hydrogen-bond donors (Lipinski definition) is 2. The molecule has 0 atom stereocenters. The second-order valence-corrected chi connectivity index (χ2v) is 7.18. The first-order chi connectivity index (χ1) is 15.4. The molecule has 1 heterocycles. The Balaban J connectivity index is 2.07. The van der Waals surface area contributed by atoms with Crippen molar-refractivity contribution in [1.82, 2.24) is 4.98 Å². The number of aromatic hydroxyl groups is 1. The minimum absolute atomic E-state index is 0.101. The molecule has 0 amide bonds. The number of rotatable bonds is 6. The molecule has 0 spiro atoms. The molecule has 0 saturated carbocycles. The largest absolute Gasteiger partial charge is 0.501 e. The smallest absolute Gasteiger partial charge is 0.338 e. The van der Waals surface area contributed by atoms with Crippen molar-refractivity contribution in [2.45, 2.75) is 13.8 Å². The Labute approximate surface area is 183 Å². The summed E-state index contributed by atoms with van der Waals surface area (Å²) in [4.78, 5) is 31.9. The number of aromatic nitrogens is 1. The van der Waals surface area contributed by atoms with Crippen LogP contribution in [0.2, 0.25) is 0 Å². The third kappa shape index (κ3) is 3.39. The summed E-state index contributed by atoms with van der Waals surface area (Å²) in [7, 11) is 1.46. The molecule has 0 aromatic heterocycles. The Hall–Kier alpha value is -4.07. The number of fused-ring (bicyclic) bond motifs is 2. The van der Waals surface area contributed by atoms with E-state index in [2.05, 4.69) is 9.88 Å². The summed E-state index contributed by atoms with van der Waals surface area (Å²) in [6.45, 7) is 5.62. The van der Waals surface area contributed by atoms with Crippen LogP contribution in [0.3, 0.4) is 0 Å². The molecular formula is C24H22N2O6. The van der Waals surface area contributed by atoms with Crippen molar-refractivity contribution in [3.8, 4) is 34.1 Å². The average Bonchev–Trinajstić information content (AvgIpc) is 2.80. The van der Waals surface area contributed by atoms with Crippen LogP contribution in [0.4, 0.5) is 5.69 Å². The van der Waals surface area contributed by atoms with Crippen molar-refractivity contribution in [1.29, 1.82) is 0 Å². The SMILES string of the molecule is CCN(CC)c1ccc2nc3c(C(=O)O)c(-c4cccc(OC)c4)c(=O)c(O)c-3oc2c1. The summed E-state index contributed by atoms with van der Waals surface area (Å²) in [6, 6.07) is 11.8. The van der Waals surface area contributed by atoms with Gasteiger partial charge in [-0.3, -0.25) is 4.79 Å². The fourth-order valence-electron chi connectivity index (χ4n) is 3.84. The Morgan fingerprint density at radius 1 is 1.16 bits per heavy atom. The summed E-state index contributed by atoms with van der Waals surface area (Å²) >= 11 is 0. The maximum Gasteiger partial charge on any atom is 0.338 e. The number of ether oxygens (including phenoxy) is 1. The lowest BCUT2D eigenvalue weighted by atomic mass is 9.94. The van der Waals surface area contributed by atoms with Gasteiger partial charge in [-0.2, -0.15) is 0 Å². The second-order valence-electron chi connectivity index (χ2n) is 7.18. The number of aromatic carboxylic acids is 1. The van der Waals surface area contributed by atoms with Crippen LogP contribution in [-0.2, 0) is 0 Å². The Bertz CT molecular complexity index is 1360. The maximum atomic E-state index is 13.1. The Morgan fingerprint density at radius 3 is 2.56 bits per heavy atom. The van der Waals surface area contributed by atoms with Gasteiger partial charge in [-0.25, -0.2) is 9.78 Å². The fourth-order valence-corrected chi connectivity index (χ4v) is 3.84. The molecule has 8 nitrogen and oxygen atoms in total. The number of methoxy groups -OCH3 is 1. The van der Waals surface area contributed by atoms with Crippen LogP contribution in [0.25, 0.3) is 33.7 Å². The number of phenolic OH excluding ortho intramolecular Hbond substituents is 1. The first-order valence-corrected chi connectivity index (χ1v) is 10.2. The molecule has 0 radical (unpaired) electrons. The van der Waals surface area contributed by atoms with Crippen LogP contribution in [0.5, 0.6) is 11.5 Å². The summed E-state index contributed by atoms with van der Waals surface area (Å²) < 4.78 is 11.0. The van der Waals surface area contributed by atoms with Gasteiger partial charge in [0.25, 0.3) is 0 Å². The highest BCUT2D eigenvalue weighted by atomic mass is 16.5. The lowest BCUT2D eigenvalue weighted by molar-refractivity contribution is 0.0698. The van der Waals surface area contributed by atoms with E-state index < -0.39 is 17.1 Å². The maximum absolute atomic E-state index is 13.1. The van der Waals surface area contributed by atoms with E-state index in [4.69, 9.17) is 9.15 Å². The van der Waals surface area contributed by atoms with Crippen molar-refractivity contribution in [2.75, 3.05) is 25.1 Å². The molecule has 2 N–H and O–H groups in total. The van der Waals surface area contributed by atoms with Crippen molar-refractivity contribution < 1.29 is 24.2 Å². The van der Waals surface area contributed by atoms with Gasteiger partial charge in [0.1, 0.15) is 22.5 Å². The Morgan fingerprint density at radius 2 is 1.91 bits per heavy atom. The van der Waals surface area contributed by atoms with E-state index in [1.165, 1.54) is 13.2 Å². The zero-order valence-corrected chi connectivity index (χ0v) is 17.9. The van der Waals surface area contributed by atoms with E-state index >= 15 is 0 Å². The van der Waals surface area contributed by atoms with Gasteiger partial charge < -0.3 is 24.3 Å². The molecular weight excluding hydrogens is 412 g/mol. The number of nitrogens with zero attached hydrogens (tertiary/aromatic N) is 2. The number of phenols is 1. The number of hydrogen-bond acceptors (Lipinski definition) is 7. The van der Waals surface area contributed by atoms with Crippen LogP contribution >= 0.6 is 0 Å². The molecule has 1 aliphatic heterocycles. The molecule has 0 bridgehead atoms. The number of anilines is 1. The molecule has 1 aliphatic carbocycles. The molecule has 164 valence electrons. The van der Waals surface area contributed by atoms with Crippen molar-refractivity contribution in [2.24, 2.45) is 0 Å². The summed E-state index contributed by atoms with van der Waals surface area (Å²) in [5, 5.41) is 20.7. The normalized spacial score (nSPS) is 11.1. The van der Waals surface area contributed by atoms with Crippen LogP contribution in [0.15, 0.2) is 51.7 Å². The molecule has 0 unspecified atom stereocenters. The summed E-state index contributed by atoms with van der Waals surface area (Å²) in [5.41, 5.74) is 0.456. The third-order valence-corrected chi connectivity index (χ3v) is 5.45. The lowest BCUT2D eigenvalue weighted by Gasteiger charge is -2.21. The summed E-state index contributed by atoms with van der Waals surface area (Å²) in [6.07, 6.45) is 0. The molecule has 2 aromatic rings. The van der Waals surface area contributed by atoms with Gasteiger partial charge in [-0.15, -0.1) is 0 Å². The standard InChI is InChI=1S/C24H22N2O6/c1-4-26(5-2)14-9-10-16-17(12-14)32-23-20(25-16)19(24(29)30)18(21(27)22(23)28)13-7-6-8-15(11-13)31-3/h6-12,28H,4-5H2,1-3H3,(H,29,30). The molecule has 8 heteroatoms. The molecule has 0 fully saturated rings. The predicted octanol–water partition coefficient (Wildman–Crippen LogP) is 4.22. The molecule has 2 aliphatic rings. The minimum Gasteiger partial charge on any atom is -0.501 e. The highest BCUT2D eigenvalue weighted by molar-refractivity contribution is 6.04. The first-order valence-electron chi connectivity index (χ1n) is 10.2. The zero-order chi connectivity index (χ0) is 23.0. The zero-order valence-electron chi connectivity index (χ0n) is 17.9. The number of carboxylic acids is 1. The van der Waals surface area contributed by atoms with Crippen molar-refractivity contribution in [3.05, 3.63) is 58.3 Å². The van der Waals surface area contributed by atoms with Crippen LogP contribution in [0.1, 0.15) is 24.2 Å². The summed E-state index contributed by atoms with van der Waals surface area (Å²) in [5.74, 6) is -1.86. The lowest BCUT2D eigenvalue weighted by Crippen LogP contribution is -2.21.